The van der Waals surface area contributed by atoms with Crippen LogP contribution in [0.15, 0.2) is 91.0 Å². The summed E-state index contributed by atoms with van der Waals surface area (Å²) in [6.07, 6.45) is 4.18. The van der Waals surface area contributed by atoms with Gasteiger partial charge in [0.2, 0.25) is 0 Å². The second-order valence-electron chi connectivity index (χ2n) is 9.45. The van der Waals surface area contributed by atoms with Gasteiger partial charge in [0.1, 0.15) is 11.3 Å². The summed E-state index contributed by atoms with van der Waals surface area (Å²) < 4.78 is 2.37. The SMILES string of the molecule is C/C=C/c1nc2c(N(Cc3ccccc3)Cc3ccccc3)nc3ccccc3c2n1CC(C)C. The van der Waals surface area contributed by atoms with Crippen LogP contribution in [0.2, 0.25) is 0 Å². The molecule has 0 amide bonds. The van der Waals surface area contributed by atoms with E-state index in [9.17, 15) is 0 Å². The van der Waals surface area contributed by atoms with Gasteiger partial charge in [0.25, 0.3) is 0 Å². The fraction of sp³-hybridized carbons (Fsp3) is 0.226. The summed E-state index contributed by atoms with van der Waals surface area (Å²) in [6, 6.07) is 29.7. The second-order valence-corrected chi connectivity index (χ2v) is 9.45. The van der Waals surface area contributed by atoms with Gasteiger partial charge in [-0.3, -0.25) is 0 Å². The van der Waals surface area contributed by atoms with Gasteiger partial charge in [-0.25, -0.2) is 9.97 Å². The van der Waals surface area contributed by atoms with Crippen LogP contribution in [0.3, 0.4) is 0 Å². The van der Waals surface area contributed by atoms with Gasteiger partial charge in [0.05, 0.1) is 11.0 Å². The van der Waals surface area contributed by atoms with E-state index in [4.69, 9.17) is 9.97 Å². The highest BCUT2D eigenvalue weighted by molar-refractivity contribution is 6.07. The van der Waals surface area contributed by atoms with E-state index in [-0.39, 0.29) is 0 Å². The van der Waals surface area contributed by atoms with Crippen LogP contribution in [0, 0.1) is 5.92 Å². The van der Waals surface area contributed by atoms with E-state index in [0.717, 1.165) is 47.7 Å². The van der Waals surface area contributed by atoms with E-state index < -0.39 is 0 Å². The zero-order valence-electron chi connectivity index (χ0n) is 20.7. The lowest BCUT2D eigenvalue weighted by atomic mass is 10.1. The molecule has 0 saturated carbocycles. The average molecular weight is 461 g/mol. The minimum atomic E-state index is 0.497. The van der Waals surface area contributed by atoms with Crippen molar-refractivity contribution in [3.63, 3.8) is 0 Å². The Morgan fingerprint density at radius 2 is 1.40 bits per heavy atom. The number of anilines is 1. The largest absolute Gasteiger partial charge is 0.346 e. The molecule has 35 heavy (non-hydrogen) atoms. The highest BCUT2D eigenvalue weighted by atomic mass is 15.2. The predicted octanol–water partition coefficient (Wildman–Crippen LogP) is 7.48. The van der Waals surface area contributed by atoms with Gasteiger partial charge >= 0.3 is 0 Å². The van der Waals surface area contributed by atoms with Crippen molar-refractivity contribution in [3.8, 4) is 0 Å². The predicted molar refractivity (Wildman–Crippen MR) is 147 cm³/mol. The molecule has 5 aromatic rings. The number of hydrogen-bond acceptors (Lipinski definition) is 3. The van der Waals surface area contributed by atoms with Gasteiger partial charge in [0, 0.05) is 25.0 Å². The number of hydrogen-bond donors (Lipinski definition) is 0. The maximum Gasteiger partial charge on any atom is 0.158 e. The fourth-order valence-electron chi connectivity index (χ4n) is 4.70. The zero-order chi connectivity index (χ0) is 24.2. The number of nitrogens with zero attached hydrogens (tertiary/aromatic N) is 4. The summed E-state index contributed by atoms with van der Waals surface area (Å²) in [4.78, 5) is 12.8. The van der Waals surface area contributed by atoms with Gasteiger partial charge < -0.3 is 9.47 Å². The molecular weight excluding hydrogens is 428 g/mol. The molecular formula is C31H32N4. The number of imidazole rings is 1. The molecule has 0 bridgehead atoms. The highest BCUT2D eigenvalue weighted by Crippen LogP contribution is 2.34. The van der Waals surface area contributed by atoms with Crippen LogP contribution in [0.25, 0.3) is 28.0 Å². The average Bonchev–Trinajstić information content (AvgIpc) is 3.22. The van der Waals surface area contributed by atoms with Crippen LogP contribution in [0.5, 0.6) is 0 Å². The standard InChI is InChI=1S/C31H32N4/c1-4-13-28-33-29-30(35(28)20-23(2)3)26-18-11-12-19-27(26)32-31(29)34(21-24-14-7-5-8-15-24)22-25-16-9-6-10-17-25/h4-19,23H,20-22H2,1-3H3/b13-4+. The Kier molecular flexibility index (Phi) is 6.62. The third kappa shape index (κ3) is 4.83. The van der Waals surface area contributed by atoms with Gasteiger partial charge in [-0.1, -0.05) is 98.8 Å². The Hall–Kier alpha value is -3.92. The van der Waals surface area contributed by atoms with Gasteiger partial charge in [0.15, 0.2) is 5.82 Å². The summed E-state index contributed by atoms with van der Waals surface area (Å²) in [6.45, 7) is 8.98. The number of fused-ring (bicyclic) bond motifs is 3. The van der Waals surface area contributed by atoms with Crippen molar-refractivity contribution in [2.45, 2.75) is 40.4 Å². The normalized spacial score (nSPS) is 11.8. The molecule has 5 rings (SSSR count). The quantitative estimate of drug-likeness (QED) is 0.241. The van der Waals surface area contributed by atoms with Crippen molar-refractivity contribution in [3.05, 3.63) is 108 Å². The molecule has 3 aromatic carbocycles. The number of allylic oxidation sites excluding steroid dienone is 1. The van der Waals surface area contributed by atoms with Gasteiger partial charge in [-0.05, 0) is 36.1 Å². The van der Waals surface area contributed by atoms with Crippen molar-refractivity contribution in [2.75, 3.05) is 4.90 Å². The Bertz CT molecular complexity index is 1410. The van der Waals surface area contributed by atoms with Gasteiger partial charge in [-0.2, -0.15) is 0 Å². The summed E-state index contributed by atoms with van der Waals surface area (Å²) in [5.41, 5.74) is 5.63. The third-order valence-corrected chi connectivity index (χ3v) is 6.19. The molecule has 0 spiro atoms. The first-order valence-electron chi connectivity index (χ1n) is 12.4. The molecule has 0 saturated heterocycles. The molecule has 0 N–H and O–H groups in total. The molecule has 4 heteroatoms. The summed E-state index contributed by atoms with van der Waals surface area (Å²) in [5, 5.41) is 1.15. The van der Waals surface area contributed by atoms with E-state index in [1.54, 1.807) is 0 Å². The number of benzene rings is 3. The fourth-order valence-corrected chi connectivity index (χ4v) is 4.70. The third-order valence-electron chi connectivity index (χ3n) is 6.19. The lowest BCUT2D eigenvalue weighted by Crippen LogP contribution is -2.23. The Labute approximate surface area is 207 Å². The van der Waals surface area contributed by atoms with Crippen LogP contribution < -0.4 is 4.90 Å². The van der Waals surface area contributed by atoms with Gasteiger partial charge in [-0.15, -0.1) is 0 Å². The highest BCUT2D eigenvalue weighted by Gasteiger charge is 2.22. The Morgan fingerprint density at radius 3 is 2.00 bits per heavy atom. The van der Waals surface area contributed by atoms with Crippen LogP contribution >= 0.6 is 0 Å². The van der Waals surface area contributed by atoms with Crippen LogP contribution in [-0.4, -0.2) is 14.5 Å². The molecule has 0 fully saturated rings. The topological polar surface area (TPSA) is 34.0 Å². The van der Waals surface area contributed by atoms with Crippen molar-refractivity contribution in [1.29, 1.82) is 0 Å². The van der Waals surface area contributed by atoms with Crippen LogP contribution in [0.4, 0.5) is 5.82 Å². The van der Waals surface area contributed by atoms with Crippen molar-refractivity contribution >= 4 is 33.8 Å². The first-order chi connectivity index (χ1) is 17.1. The van der Waals surface area contributed by atoms with E-state index in [1.165, 1.54) is 16.6 Å². The second kappa shape index (κ2) is 10.1. The monoisotopic (exact) mass is 460 g/mol. The molecule has 0 radical (unpaired) electrons. The molecule has 176 valence electrons. The number of para-hydroxylation sites is 1. The molecule has 0 aliphatic carbocycles. The van der Waals surface area contributed by atoms with Crippen molar-refractivity contribution in [2.24, 2.45) is 5.92 Å². The van der Waals surface area contributed by atoms with Crippen molar-refractivity contribution < 1.29 is 0 Å². The zero-order valence-corrected chi connectivity index (χ0v) is 20.7. The lowest BCUT2D eigenvalue weighted by Gasteiger charge is -2.25. The number of rotatable bonds is 8. The van der Waals surface area contributed by atoms with Crippen LogP contribution in [0.1, 0.15) is 37.7 Å². The van der Waals surface area contributed by atoms with Crippen LogP contribution in [-0.2, 0) is 19.6 Å². The lowest BCUT2D eigenvalue weighted by molar-refractivity contribution is 0.531. The van der Waals surface area contributed by atoms with E-state index in [1.807, 2.05) is 6.92 Å². The Balaban J connectivity index is 1.76. The smallest absolute Gasteiger partial charge is 0.158 e. The number of aromatic nitrogens is 3. The molecule has 0 unspecified atom stereocenters. The molecule has 0 aliphatic rings. The summed E-state index contributed by atoms with van der Waals surface area (Å²) >= 11 is 0. The van der Waals surface area contributed by atoms with E-state index in [2.05, 4.69) is 120 Å². The van der Waals surface area contributed by atoms with E-state index >= 15 is 0 Å². The Morgan fingerprint density at radius 1 is 0.800 bits per heavy atom. The molecule has 0 atom stereocenters. The van der Waals surface area contributed by atoms with E-state index in [0.29, 0.717) is 5.92 Å². The maximum absolute atomic E-state index is 5.22. The minimum absolute atomic E-state index is 0.497. The molecule has 4 nitrogen and oxygen atoms in total. The molecule has 2 heterocycles. The molecule has 2 aromatic heterocycles. The first kappa shape index (κ1) is 22.9. The molecule has 0 aliphatic heterocycles. The maximum atomic E-state index is 5.22. The van der Waals surface area contributed by atoms with Crippen molar-refractivity contribution in [1.82, 2.24) is 14.5 Å². The summed E-state index contributed by atoms with van der Waals surface area (Å²) in [7, 11) is 0. The first-order valence-corrected chi connectivity index (χ1v) is 12.4. The number of pyridine rings is 1. The minimum Gasteiger partial charge on any atom is -0.346 e. The summed E-state index contributed by atoms with van der Waals surface area (Å²) in [5.74, 6) is 2.41.